The van der Waals surface area contributed by atoms with Crippen LogP contribution in [-0.4, -0.2) is 37.3 Å². The quantitative estimate of drug-likeness (QED) is 0.136. The summed E-state index contributed by atoms with van der Waals surface area (Å²) in [5, 5.41) is 7.74. The van der Waals surface area contributed by atoms with Crippen LogP contribution in [0.3, 0.4) is 0 Å². The van der Waals surface area contributed by atoms with Crippen LogP contribution >= 0.6 is 39.1 Å². The molecule has 2 rings (SSSR count). The molecule has 0 aliphatic rings. The van der Waals surface area contributed by atoms with Crippen molar-refractivity contribution in [3.63, 3.8) is 0 Å². The number of hydrazone groups is 1. The molecule has 0 bridgehead atoms. The molecule has 0 spiro atoms. The molecule has 0 aliphatic heterocycles. The molecule has 2 amide bonds. The third kappa shape index (κ3) is 10.5. The Morgan fingerprint density at radius 1 is 1.17 bits per heavy atom. The van der Waals surface area contributed by atoms with E-state index in [0.717, 1.165) is 4.47 Å². The Bertz CT molecular complexity index is 1120. The highest BCUT2D eigenvalue weighted by atomic mass is 79.9. The van der Waals surface area contributed by atoms with E-state index in [1.807, 2.05) is 19.9 Å². The topological polar surface area (TPSA) is 89.0 Å². The number of amides is 2. The highest BCUT2D eigenvalue weighted by Gasteiger charge is 2.21. The fraction of sp³-hybridized carbons (Fsp3) is 0.346. The molecule has 0 aromatic heterocycles. The van der Waals surface area contributed by atoms with Crippen LogP contribution in [0.25, 0.3) is 0 Å². The Kier molecular flexibility index (Phi) is 12.6. The predicted molar refractivity (Wildman–Crippen MR) is 147 cm³/mol. The van der Waals surface area contributed by atoms with E-state index >= 15 is 0 Å². The zero-order valence-corrected chi connectivity index (χ0v) is 23.1. The van der Waals surface area contributed by atoms with Crippen LogP contribution in [0.4, 0.5) is 0 Å². The molecule has 1 atom stereocenters. The lowest BCUT2D eigenvalue weighted by Crippen LogP contribution is -2.46. The van der Waals surface area contributed by atoms with Gasteiger partial charge in [0.05, 0.1) is 17.8 Å². The zero-order valence-electron chi connectivity index (χ0n) is 20.0. The summed E-state index contributed by atoms with van der Waals surface area (Å²) in [6, 6.07) is 9.54. The van der Waals surface area contributed by atoms with Crippen LogP contribution in [0, 0.1) is 18.3 Å². The fourth-order valence-electron chi connectivity index (χ4n) is 3.09. The number of hydrogen-bond donors (Lipinski definition) is 2. The first-order chi connectivity index (χ1) is 17.2. The molecule has 0 saturated heterocycles. The van der Waals surface area contributed by atoms with Crippen LogP contribution in [-0.2, 0) is 9.59 Å². The molecule has 0 fully saturated rings. The number of nitrogens with one attached hydrogen (secondary N) is 2. The molecule has 7 nitrogen and oxygen atoms in total. The Balaban J connectivity index is 1.89. The Hall–Kier alpha value is -2.73. The molecule has 0 aliphatic carbocycles. The van der Waals surface area contributed by atoms with E-state index < -0.39 is 11.9 Å². The van der Waals surface area contributed by atoms with E-state index in [2.05, 4.69) is 37.7 Å². The van der Waals surface area contributed by atoms with Crippen molar-refractivity contribution in [3.05, 3.63) is 56.5 Å². The van der Waals surface area contributed by atoms with Gasteiger partial charge in [-0.2, -0.15) is 5.10 Å². The molecule has 0 saturated carbocycles. The normalized spacial score (nSPS) is 11.7. The summed E-state index contributed by atoms with van der Waals surface area (Å²) < 4.78 is 11.9. The van der Waals surface area contributed by atoms with Crippen LogP contribution < -0.4 is 20.2 Å². The maximum absolute atomic E-state index is 12.8. The average molecular weight is 597 g/mol. The monoisotopic (exact) mass is 595 g/mol. The maximum atomic E-state index is 12.8. The van der Waals surface area contributed by atoms with Crippen molar-refractivity contribution in [2.75, 3.05) is 13.2 Å². The first-order valence-corrected chi connectivity index (χ1v) is 12.8. The average Bonchev–Trinajstić information content (AvgIpc) is 2.81. The van der Waals surface area contributed by atoms with Crippen LogP contribution in [0.1, 0.15) is 38.7 Å². The number of nitrogens with zero attached hydrogens (tertiary/aromatic N) is 1. The van der Waals surface area contributed by atoms with Gasteiger partial charge in [0.2, 0.25) is 5.91 Å². The highest BCUT2D eigenvalue weighted by molar-refractivity contribution is 9.10. The summed E-state index contributed by atoms with van der Waals surface area (Å²) in [5.41, 5.74) is 3.13. The van der Waals surface area contributed by atoms with E-state index in [-0.39, 0.29) is 31.5 Å². The number of carbonyl (C=O) groups is 2. The van der Waals surface area contributed by atoms with Crippen molar-refractivity contribution >= 4 is 57.2 Å². The third-order valence-corrected chi connectivity index (χ3v) is 5.74. The van der Waals surface area contributed by atoms with Gasteiger partial charge in [0, 0.05) is 21.5 Å². The lowest BCUT2D eigenvalue weighted by atomic mass is 10.0. The summed E-state index contributed by atoms with van der Waals surface area (Å²) in [6.45, 7) is 4.33. The van der Waals surface area contributed by atoms with Gasteiger partial charge >= 0.3 is 0 Å². The number of ether oxygens (including phenoxy) is 2. The highest BCUT2D eigenvalue weighted by Crippen LogP contribution is 2.27. The zero-order chi connectivity index (χ0) is 26.5. The molecular formula is C26H28BrCl2N3O4. The number of hydrogen-bond acceptors (Lipinski definition) is 5. The summed E-state index contributed by atoms with van der Waals surface area (Å²) >= 11 is 15.4. The van der Waals surface area contributed by atoms with Crippen LogP contribution in [0.5, 0.6) is 11.5 Å². The second-order valence-corrected chi connectivity index (χ2v) is 9.94. The van der Waals surface area contributed by atoms with Gasteiger partial charge in [-0.1, -0.05) is 58.9 Å². The molecule has 0 radical (unpaired) electrons. The smallest absolute Gasteiger partial charge is 0.262 e. The minimum atomic E-state index is -0.735. The van der Waals surface area contributed by atoms with Crippen molar-refractivity contribution in [3.8, 4) is 23.8 Å². The van der Waals surface area contributed by atoms with Gasteiger partial charge < -0.3 is 14.8 Å². The Morgan fingerprint density at radius 3 is 2.61 bits per heavy atom. The molecule has 0 unspecified atom stereocenters. The van der Waals surface area contributed by atoms with Gasteiger partial charge in [-0.25, -0.2) is 5.43 Å². The van der Waals surface area contributed by atoms with E-state index in [4.69, 9.17) is 39.1 Å². The van der Waals surface area contributed by atoms with E-state index in [1.54, 1.807) is 30.3 Å². The number of terminal acetylenes is 1. The van der Waals surface area contributed by atoms with Crippen LogP contribution in [0.2, 0.25) is 10.0 Å². The summed E-state index contributed by atoms with van der Waals surface area (Å²) in [6.07, 6.45) is 7.81. The second-order valence-electron chi connectivity index (χ2n) is 8.19. The fourth-order valence-corrected chi connectivity index (χ4v) is 3.93. The number of halogens is 3. The summed E-state index contributed by atoms with van der Waals surface area (Å²) in [5.74, 6) is 2.93. The first-order valence-electron chi connectivity index (χ1n) is 11.3. The maximum Gasteiger partial charge on any atom is 0.262 e. The van der Waals surface area contributed by atoms with Crippen molar-refractivity contribution in [2.45, 2.75) is 39.2 Å². The van der Waals surface area contributed by atoms with Gasteiger partial charge in [-0.15, -0.1) is 6.42 Å². The molecule has 2 N–H and O–H groups in total. The van der Waals surface area contributed by atoms with E-state index in [9.17, 15) is 9.59 Å². The summed E-state index contributed by atoms with van der Waals surface area (Å²) in [4.78, 5) is 25.2. The third-order valence-electron chi connectivity index (χ3n) is 4.72. The van der Waals surface area contributed by atoms with E-state index in [1.165, 1.54) is 6.21 Å². The first kappa shape index (κ1) is 29.5. The van der Waals surface area contributed by atoms with Crippen LogP contribution in [0.15, 0.2) is 46.0 Å². The van der Waals surface area contributed by atoms with Crippen molar-refractivity contribution in [2.24, 2.45) is 11.0 Å². The van der Waals surface area contributed by atoms with Crippen molar-refractivity contribution in [1.82, 2.24) is 10.7 Å². The number of benzene rings is 2. The molecule has 2 aromatic carbocycles. The van der Waals surface area contributed by atoms with Crippen molar-refractivity contribution < 1.29 is 19.1 Å². The van der Waals surface area contributed by atoms with Gasteiger partial charge in [-0.3, -0.25) is 9.59 Å². The van der Waals surface area contributed by atoms with Gasteiger partial charge in [0.15, 0.2) is 0 Å². The minimum Gasteiger partial charge on any atom is -0.492 e. The predicted octanol–water partition coefficient (Wildman–Crippen LogP) is 5.61. The molecular weight excluding hydrogens is 569 g/mol. The SMILES string of the molecule is C#CCOc1ccc(Br)cc1/C=N\NC(=O)[C@@H](CC(C)C)NC(=O)CCCOc1ccc(Cl)cc1Cl. The number of rotatable bonds is 13. The Morgan fingerprint density at radius 2 is 1.92 bits per heavy atom. The largest absolute Gasteiger partial charge is 0.492 e. The molecule has 2 aromatic rings. The second kappa shape index (κ2) is 15.4. The van der Waals surface area contributed by atoms with Gasteiger partial charge in [-0.05, 0) is 55.2 Å². The Labute approximate surface area is 230 Å². The molecule has 10 heteroatoms. The lowest BCUT2D eigenvalue weighted by molar-refractivity contribution is -0.129. The summed E-state index contributed by atoms with van der Waals surface area (Å²) in [7, 11) is 0. The van der Waals surface area contributed by atoms with E-state index in [0.29, 0.717) is 39.9 Å². The molecule has 192 valence electrons. The van der Waals surface area contributed by atoms with Crippen molar-refractivity contribution in [1.29, 1.82) is 0 Å². The molecule has 0 heterocycles. The van der Waals surface area contributed by atoms with Gasteiger partial charge in [0.1, 0.15) is 24.1 Å². The minimum absolute atomic E-state index is 0.106. The standard InChI is InChI=1S/C26H28BrCl2N3O4/c1-4-11-35-23-9-7-19(27)14-18(23)16-30-32-26(34)22(13-17(2)3)31-25(33)6-5-12-36-24-10-8-20(28)15-21(24)29/h1,7-10,14-17,22H,5-6,11-13H2,2-3H3,(H,31,33)(H,32,34)/b30-16-/t22-/m1/s1. The molecule has 36 heavy (non-hydrogen) atoms. The lowest BCUT2D eigenvalue weighted by Gasteiger charge is -2.19. The number of carbonyl (C=O) groups excluding carboxylic acids is 2. The van der Waals surface area contributed by atoms with Gasteiger partial charge in [0.25, 0.3) is 5.91 Å².